The molecule has 0 bridgehead atoms. The summed E-state index contributed by atoms with van der Waals surface area (Å²) in [6, 6.07) is 8.17. The fourth-order valence-electron chi connectivity index (χ4n) is 1.96. The van der Waals surface area contributed by atoms with E-state index in [2.05, 4.69) is 19.1 Å². The first kappa shape index (κ1) is 15.7. The Bertz CT molecular complexity index is 381. The van der Waals surface area contributed by atoms with Crippen molar-refractivity contribution in [3.63, 3.8) is 0 Å². The Balaban J connectivity index is 2.61. The van der Waals surface area contributed by atoms with E-state index in [4.69, 9.17) is 9.84 Å². The molecule has 3 heteroatoms. The van der Waals surface area contributed by atoms with Crippen LogP contribution in [0.1, 0.15) is 44.7 Å². The molecule has 1 rings (SSSR count). The quantitative estimate of drug-likeness (QED) is 0.782. The highest BCUT2D eigenvalue weighted by Gasteiger charge is 2.19. The Morgan fingerprint density at radius 2 is 1.79 bits per heavy atom. The van der Waals surface area contributed by atoms with Gasteiger partial charge in [0.1, 0.15) is 0 Å². The van der Waals surface area contributed by atoms with Crippen LogP contribution < -0.4 is 0 Å². The molecule has 0 spiro atoms. The van der Waals surface area contributed by atoms with E-state index >= 15 is 0 Å². The van der Waals surface area contributed by atoms with Gasteiger partial charge in [-0.2, -0.15) is 0 Å². The monoisotopic (exact) mass is 264 g/mol. The minimum atomic E-state index is -0.899. The van der Waals surface area contributed by atoms with E-state index in [1.165, 1.54) is 18.4 Å². The van der Waals surface area contributed by atoms with Gasteiger partial charge < -0.3 is 9.84 Å². The van der Waals surface area contributed by atoms with Gasteiger partial charge in [0.05, 0.1) is 6.10 Å². The zero-order valence-corrected chi connectivity index (χ0v) is 12.1. The largest absolute Gasteiger partial charge is 0.479 e. The van der Waals surface area contributed by atoms with E-state index in [0.717, 1.165) is 12.0 Å². The van der Waals surface area contributed by atoms with Gasteiger partial charge in [0, 0.05) is 6.42 Å². The molecule has 0 saturated carbocycles. The maximum Gasteiger partial charge on any atom is 0.333 e. The van der Waals surface area contributed by atoms with Gasteiger partial charge in [0.25, 0.3) is 0 Å². The highest BCUT2D eigenvalue weighted by Crippen LogP contribution is 2.12. The van der Waals surface area contributed by atoms with Crippen molar-refractivity contribution in [2.75, 3.05) is 0 Å². The molecule has 0 heterocycles. The second-order valence-electron chi connectivity index (χ2n) is 5.14. The van der Waals surface area contributed by atoms with Crippen LogP contribution in [0.25, 0.3) is 0 Å². The van der Waals surface area contributed by atoms with E-state index in [9.17, 15) is 4.79 Å². The second-order valence-corrected chi connectivity index (χ2v) is 5.14. The Kier molecular flexibility index (Phi) is 6.57. The van der Waals surface area contributed by atoms with Crippen LogP contribution in [0.2, 0.25) is 0 Å². The number of aliphatic carboxylic acids is 1. The van der Waals surface area contributed by atoms with Crippen LogP contribution in [0, 0.1) is 0 Å². The van der Waals surface area contributed by atoms with Gasteiger partial charge in [0.15, 0.2) is 6.10 Å². The number of carbonyl (C=O) groups is 1. The van der Waals surface area contributed by atoms with Crippen LogP contribution in [0.3, 0.4) is 0 Å². The lowest BCUT2D eigenvalue weighted by atomic mass is 10.0. The Morgan fingerprint density at radius 1 is 1.21 bits per heavy atom. The number of hydrogen-bond donors (Lipinski definition) is 1. The number of hydrogen-bond acceptors (Lipinski definition) is 2. The molecule has 0 aliphatic rings. The smallest absolute Gasteiger partial charge is 0.333 e. The lowest BCUT2D eigenvalue weighted by Crippen LogP contribution is -2.29. The second kappa shape index (κ2) is 7.95. The summed E-state index contributed by atoms with van der Waals surface area (Å²) in [5.41, 5.74) is 2.32. The lowest BCUT2D eigenvalue weighted by molar-refractivity contribution is -0.153. The van der Waals surface area contributed by atoms with Crippen LogP contribution in [-0.4, -0.2) is 23.3 Å². The molecule has 0 saturated heterocycles. The molecule has 0 radical (unpaired) electrons. The summed E-state index contributed by atoms with van der Waals surface area (Å²) in [7, 11) is 0. The molecule has 0 unspecified atom stereocenters. The summed E-state index contributed by atoms with van der Waals surface area (Å²) in [4.78, 5) is 11.1. The van der Waals surface area contributed by atoms with Gasteiger partial charge in [-0.3, -0.25) is 0 Å². The fraction of sp³-hybridized carbons (Fsp3) is 0.562. The van der Waals surface area contributed by atoms with E-state index in [-0.39, 0.29) is 6.10 Å². The zero-order chi connectivity index (χ0) is 14.3. The van der Waals surface area contributed by atoms with Gasteiger partial charge in [-0.1, -0.05) is 37.6 Å². The molecule has 0 aliphatic heterocycles. The highest BCUT2D eigenvalue weighted by atomic mass is 16.5. The standard InChI is InChI=1S/C16H24O3/c1-4-5-6-13-7-9-14(10-8-13)11-15(16(17)18)19-12(2)3/h7-10,12,15H,4-6,11H2,1-3H3,(H,17,18)/t15-/m1/s1. The number of carboxylic acid groups (broad SMARTS) is 1. The molecule has 3 nitrogen and oxygen atoms in total. The number of benzene rings is 1. The number of ether oxygens (including phenoxy) is 1. The van der Waals surface area contributed by atoms with Crippen LogP contribution in [-0.2, 0) is 22.4 Å². The summed E-state index contributed by atoms with van der Waals surface area (Å²) in [6.07, 6.45) is 3.04. The molecule has 1 aromatic rings. The van der Waals surface area contributed by atoms with Crippen LogP contribution in [0.4, 0.5) is 0 Å². The fourth-order valence-corrected chi connectivity index (χ4v) is 1.96. The van der Waals surface area contributed by atoms with Crippen molar-refractivity contribution in [2.45, 2.75) is 58.7 Å². The molecule has 1 N–H and O–H groups in total. The van der Waals surface area contributed by atoms with Crippen molar-refractivity contribution < 1.29 is 14.6 Å². The molecular weight excluding hydrogens is 240 g/mol. The molecule has 1 atom stereocenters. The maximum atomic E-state index is 11.1. The van der Waals surface area contributed by atoms with Gasteiger partial charge in [-0.25, -0.2) is 4.79 Å². The number of aryl methyl sites for hydroxylation is 1. The highest BCUT2D eigenvalue weighted by molar-refractivity contribution is 5.72. The number of unbranched alkanes of at least 4 members (excludes halogenated alkanes) is 1. The van der Waals surface area contributed by atoms with Gasteiger partial charge >= 0.3 is 5.97 Å². The van der Waals surface area contributed by atoms with E-state index in [1.807, 2.05) is 26.0 Å². The predicted molar refractivity (Wildman–Crippen MR) is 76.4 cm³/mol. The first-order chi connectivity index (χ1) is 9.02. The van der Waals surface area contributed by atoms with Crippen molar-refractivity contribution in [1.82, 2.24) is 0 Å². The topological polar surface area (TPSA) is 46.5 Å². The normalized spacial score (nSPS) is 12.6. The first-order valence-corrected chi connectivity index (χ1v) is 6.99. The average Bonchev–Trinajstić information content (AvgIpc) is 2.36. The Labute approximate surface area is 115 Å². The summed E-state index contributed by atoms with van der Waals surface area (Å²) < 4.78 is 5.41. The molecule has 0 fully saturated rings. The van der Waals surface area contributed by atoms with Crippen LogP contribution >= 0.6 is 0 Å². The number of rotatable bonds is 8. The molecule has 0 amide bonds. The minimum Gasteiger partial charge on any atom is -0.479 e. The van der Waals surface area contributed by atoms with Crippen molar-refractivity contribution in [2.24, 2.45) is 0 Å². The maximum absolute atomic E-state index is 11.1. The molecule has 19 heavy (non-hydrogen) atoms. The van der Waals surface area contributed by atoms with Crippen molar-refractivity contribution in [3.05, 3.63) is 35.4 Å². The Morgan fingerprint density at radius 3 is 2.26 bits per heavy atom. The Hall–Kier alpha value is -1.35. The summed E-state index contributed by atoms with van der Waals surface area (Å²) in [6.45, 7) is 5.88. The SMILES string of the molecule is CCCCc1ccc(C[C@@H](OC(C)C)C(=O)O)cc1. The first-order valence-electron chi connectivity index (χ1n) is 6.99. The third kappa shape index (κ3) is 5.88. The van der Waals surface area contributed by atoms with Gasteiger partial charge in [-0.05, 0) is 37.8 Å². The van der Waals surface area contributed by atoms with E-state index in [1.54, 1.807) is 0 Å². The molecular formula is C16H24O3. The third-order valence-electron chi connectivity index (χ3n) is 2.97. The predicted octanol–water partition coefficient (Wildman–Crippen LogP) is 3.45. The van der Waals surface area contributed by atoms with E-state index in [0.29, 0.717) is 6.42 Å². The average molecular weight is 264 g/mol. The number of carboxylic acids is 1. The lowest BCUT2D eigenvalue weighted by Gasteiger charge is -2.16. The van der Waals surface area contributed by atoms with Crippen molar-refractivity contribution >= 4 is 5.97 Å². The molecule has 1 aromatic carbocycles. The van der Waals surface area contributed by atoms with Crippen LogP contribution in [0.5, 0.6) is 0 Å². The van der Waals surface area contributed by atoms with Gasteiger partial charge in [0.2, 0.25) is 0 Å². The van der Waals surface area contributed by atoms with E-state index < -0.39 is 12.1 Å². The molecule has 0 aromatic heterocycles. The third-order valence-corrected chi connectivity index (χ3v) is 2.97. The summed E-state index contributed by atoms with van der Waals surface area (Å²) >= 11 is 0. The summed E-state index contributed by atoms with van der Waals surface area (Å²) in [5.74, 6) is -0.899. The molecule has 0 aliphatic carbocycles. The summed E-state index contributed by atoms with van der Waals surface area (Å²) in [5, 5.41) is 9.13. The van der Waals surface area contributed by atoms with Crippen molar-refractivity contribution in [1.29, 1.82) is 0 Å². The van der Waals surface area contributed by atoms with Crippen molar-refractivity contribution in [3.8, 4) is 0 Å². The minimum absolute atomic E-state index is 0.0788. The van der Waals surface area contributed by atoms with Crippen LogP contribution in [0.15, 0.2) is 24.3 Å². The molecule has 106 valence electrons. The van der Waals surface area contributed by atoms with Gasteiger partial charge in [-0.15, -0.1) is 0 Å². The zero-order valence-electron chi connectivity index (χ0n) is 12.1.